The molecule has 0 heterocycles. The standard InChI is InChI=1S/C59H115NO5/c1-4-7-10-13-16-30-34-39-44-49-55(48-43-38-15-12-9-6-3)50-45-40-35-32-28-26-24-22-20-18-19-21-23-25-27-29-33-37-42-47-54-64-59(63)56(60)52-53-58(62)65-57(61)51-46-41-36-31-17-14-11-8-5-2/h55-56H,4-54,60H2,1-3H3/t55?,56-/m0/s1. The molecule has 0 fully saturated rings. The average molecular weight is 919 g/mol. The van der Waals surface area contributed by atoms with Gasteiger partial charge in [-0.3, -0.25) is 14.4 Å². The fourth-order valence-corrected chi connectivity index (χ4v) is 9.59. The molecule has 2 atom stereocenters. The molecule has 0 amide bonds. The Labute approximate surface area is 406 Å². The number of unbranched alkanes of at least 4 members (excludes halogenated alkanes) is 40. The Balaban J connectivity index is 3.60. The molecule has 0 aliphatic carbocycles. The molecule has 0 spiro atoms. The lowest BCUT2D eigenvalue weighted by Gasteiger charge is -2.17. The molecule has 0 bridgehead atoms. The summed E-state index contributed by atoms with van der Waals surface area (Å²) in [5.41, 5.74) is 5.93. The van der Waals surface area contributed by atoms with Crippen LogP contribution in [0.25, 0.3) is 0 Å². The van der Waals surface area contributed by atoms with Gasteiger partial charge in [-0.05, 0) is 25.2 Å². The minimum Gasteiger partial charge on any atom is -0.465 e. The summed E-state index contributed by atoms with van der Waals surface area (Å²) in [5.74, 6) is -0.574. The second-order valence-electron chi connectivity index (χ2n) is 20.6. The molecule has 0 aromatic heterocycles. The molecule has 0 radical (unpaired) electrons. The van der Waals surface area contributed by atoms with E-state index in [2.05, 4.69) is 20.8 Å². The van der Waals surface area contributed by atoms with Crippen LogP contribution in [0.3, 0.4) is 0 Å². The van der Waals surface area contributed by atoms with Gasteiger partial charge in [-0.2, -0.15) is 0 Å². The molecule has 386 valence electrons. The first-order valence-electron chi connectivity index (χ1n) is 29.6. The number of hydrogen-bond acceptors (Lipinski definition) is 6. The SMILES string of the molecule is CCCCCCCCCCCC(=O)OC(=O)CC[C@H](N)C(=O)OCCCCCCCCCCCCCCCCCCCCCCC(CCCCCCCC)CCCCCCCCCCC. The predicted octanol–water partition coefficient (Wildman–Crippen LogP) is 19.1. The highest BCUT2D eigenvalue weighted by Crippen LogP contribution is 2.25. The van der Waals surface area contributed by atoms with E-state index in [9.17, 15) is 14.4 Å². The van der Waals surface area contributed by atoms with Crippen molar-refractivity contribution in [3.63, 3.8) is 0 Å². The molecule has 0 saturated heterocycles. The van der Waals surface area contributed by atoms with Crippen molar-refractivity contribution in [1.29, 1.82) is 0 Å². The third-order valence-electron chi connectivity index (χ3n) is 14.1. The Morgan fingerprint density at radius 2 is 0.585 bits per heavy atom. The molecule has 0 aromatic rings. The maximum absolute atomic E-state index is 12.2. The largest absolute Gasteiger partial charge is 0.465 e. The Morgan fingerprint density at radius 3 is 0.908 bits per heavy atom. The summed E-state index contributed by atoms with van der Waals surface area (Å²) in [6.07, 6.45) is 64.0. The first-order chi connectivity index (χ1) is 31.9. The van der Waals surface area contributed by atoms with Crippen molar-refractivity contribution in [1.82, 2.24) is 0 Å². The summed E-state index contributed by atoms with van der Waals surface area (Å²) in [6, 6.07) is -0.869. The number of carbonyl (C=O) groups excluding carboxylic acids is 3. The number of rotatable bonds is 54. The van der Waals surface area contributed by atoms with E-state index in [1.807, 2.05) is 0 Å². The fourth-order valence-electron chi connectivity index (χ4n) is 9.59. The van der Waals surface area contributed by atoms with Gasteiger partial charge in [-0.1, -0.05) is 310 Å². The van der Waals surface area contributed by atoms with Gasteiger partial charge < -0.3 is 15.2 Å². The van der Waals surface area contributed by atoms with Gasteiger partial charge in [0.1, 0.15) is 6.04 Å². The highest BCUT2D eigenvalue weighted by atomic mass is 16.6. The molecule has 1 unspecified atom stereocenters. The zero-order valence-electron chi connectivity index (χ0n) is 44.3. The van der Waals surface area contributed by atoms with Gasteiger partial charge in [0.2, 0.25) is 0 Å². The first-order valence-corrected chi connectivity index (χ1v) is 29.6. The van der Waals surface area contributed by atoms with Crippen LogP contribution in [0, 0.1) is 5.92 Å². The van der Waals surface area contributed by atoms with E-state index < -0.39 is 23.9 Å². The van der Waals surface area contributed by atoms with E-state index in [0.717, 1.165) is 38.0 Å². The van der Waals surface area contributed by atoms with E-state index >= 15 is 0 Å². The van der Waals surface area contributed by atoms with E-state index in [1.165, 1.54) is 270 Å². The van der Waals surface area contributed by atoms with E-state index in [0.29, 0.717) is 6.61 Å². The topological polar surface area (TPSA) is 95.7 Å². The molecule has 6 heteroatoms. The summed E-state index contributed by atoms with van der Waals surface area (Å²) < 4.78 is 10.2. The number of ether oxygens (including phenoxy) is 2. The summed E-state index contributed by atoms with van der Waals surface area (Å²) in [4.78, 5) is 36.2. The lowest BCUT2D eigenvalue weighted by molar-refractivity contribution is -0.159. The molecule has 0 saturated carbocycles. The maximum Gasteiger partial charge on any atom is 0.322 e. The quantitative estimate of drug-likeness (QED) is 0.0371. The van der Waals surface area contributed by atoms with Crippen molar-refractivity contribution in [2.24, 2.45) is 11.7 Å². The number of carbonyl (C=O) groups is 3. The van der Waals surface area contributed by atoms with Gasteiger partial charge >= 0.3 is 17.9 Å². The second kappa shape index (κ2) is 53.5. The third kappa shape index (κ3) is 50.3. The minimum atomic E-state index is -0.869. The normalized spacial score (nSPS) is 12.4. The molecular weight excluding hydrogens is 803 g/mol. The van der Waals surface area contributed by atoms with Crippen LogP contribution < -0.4 is 5.73 Å². The van der Waals surface area contributed by atoms with Crippen molar-refractivity contribution in [3.05, 3.63) is 0 Å². The molecule has 0 aliphatic rings. The molecule has 65 heavy (non-hydrogen) atoms. The summed E-state index contributed by atoms with van der Waals surface area (Å²) in [6.45, 7) is 7.23. The number of hydrogen-bond donors (Lipinski definition) is 1. The Morgan fingerprint density at radius 1 is 0.323 bits per heavy atom. The lowest BCUT2D eigenvalue weighted by Crippen LogP contribution is -2.33. The monoisotopic (exact) mass is 918 g/mol. The molecule has 0 rings (SSSR count). The van der Waals surface area contributed by atoms with Crippen molar-refractivity contribution < 1.29 is 23.9 Å². The minimum absolute atomic E-state index is 0.0563. The highest BCUT2D eigenvalue weighted by molar-refractivity contribution is 5.85. The van der Waals surface area contributed by atoms with Crippen LogP contribution in [0.2, 0.25) is 0 Å². The summed E-state index contributed by atoms with van der Waals surface area (Å²) in [7, 11) is 0. The van der Waals surface area contributed by atoms with Gasteiger partial charge in [-0.25, -0.2) is 0 Å². The molecule has 0 aliphatic heterocycles. The lowest BCUT2D eigenvalue weighted by atomic mass is 9.89. The fraction of sp³-hybridized carbons (Fsp3) is 0.949. The Hall–Kier alpha value is -1.43. The maximum atomic E-state index is 12.2. The Kier molecular flexibility index (Phi) is 52.3. The van der Waals surface area contributed by atoms with Crippen molar-refractivity contribution >= 4 is 17.9 Å². The third-order valence-corrected chi connectivity index (χ3v) is 14.1. The zero-order chi connectivity index (χ0) is 47.4. The van der Waals surface area contributed by atoms with Crippen molar-refractivity contribution in [3.8, 4) is 0 Å². The molecule has 6 nitrogen and oxygen atoms in total. The van der Waals surface area contributed by atoms with Crippen LogP contribution in [0.5, 0.6) is 0 Å². The van der Waals surface area contributed by atoms with E-state index in [1.54, 1.807) is 0 Å². The predicted molar refractivity (Wildman–Crippen MR) is 281 cm³/mol. The Bertz CT molecular complexity index is 986. The van der Waals surface area contributed by atoms with Crippen molar-refractivity contribution in [2.75, 3.05) is 6.61 Å². The van der Waals surface area contributed by atoms with Gasteiger partial charge in [0.25, 0.3) is 0 Å². The van der Waals surface area contributed by atoms with Gasteiger partial charge in [0, 0.05) is 12.8 Å². The van der Waals surface area contributed by atoms with Gasteiger partial charge in [-0.15, -0.1) is 0 Å². The van der Waals surface area contributed by atoms with Crippen LogP contribution in [0.1, 0.15) is 342 Å². The van der Waals surface area contributed by atoms with Crippen LogP contribution in [-0.4, -0.2) is 30.6 Å². The second-order valence-corrected chi connectivity index (χ2v) is 20.6. The van der Waals surface area contributed by atoms with Crippen LogP contribution >= 0.6 is 0 Å². The van der Waals surface area contributed by atoms with E-state index in [-0.39, 0.29) is 19.3 Å². The van der Waals surface area contributed by atoms with Crippen molar-refractivity contribution in [2.45, 2.75) is 348 Å². The molecule has 0 aromatic carbocycles. The van der Waals surface area contributed by atoms with Crippen LogP contribution in [0.15, 0.2) is 0 Å². The van der Waals surface area contributed by atoms with E-state index in [4.69, 9.17) is 15.2 Å². The van der Waals surface area contributed by atoms with Crippen LogP contribution in [-0.2, 0) is 23.9 Å². The average Bonchev–Trinajstić information content (AvgIpc) is 3.30. The first kappa shape index (κ1) is 63.6. The van der Waals surface area contributed by atoms with Gasteiger partial charge in [0.15, 0.2) is 0 Å². The smallest absolute Gasteiger partial charge is 0.322 e. The highest BCUT2D eigenvalue weighted by Gasteiger charge is 2.18. The molecule has 2 N–H and O–H groups in total. The van der Waals surface area contributed by atoms with Gasteiger partial charge in [0.05, 0.1) is 6.61 Å². The molecular formula is C59H115NO5. The zero-order valence-corrected chi connectivity index (χ0v) is 44.3. The van der Waals surface area contributed by atoms with Crippen LogP contribution in [0.4, 0.5) is 0 Å². The summed E-state index contributed by atoms with van der Waals surface area (Å²) >= 11 is 0. The number of esters is 3. The summed E-state index contributed by atoms with van der Waals surface area (Å²) in [5, 5.41) is 0. The number of nitrogens with two attached hydrogens (primary N) is 1.